The van der Waals surface area contributed by atoms with Crippen LogP contribution in [0.2, 0.25) is 5.02 Å². The first-order valence-corrected chi connectivity index (χ1v) is 7.64. The fourth-order valence-corrected chi connectivity index (χ4v) is 2.15. The smallest absolute Gasteiger partial charge is 0.319 e. The van der Waals surface area contributed by atoms with Crippen molar-refractivity contribution in [3.05, 3.63) is 52.8 Å². The summed E-state index contributed by atoms with van der Waals surface area (Å²) >= 11 is 5.65. The Labute approximate surface area is 144 Å². The van der Waals surface area contributed by atoms with E-state index < -0.39 is 11.8 Å². The number of methoxy groups -OCH3 is 1. The molecule has 0 fully saturated rings. The van der Waals surface area contributed by atoms with Crippen LogP contribution >= 0.6 is 11.6 Å². The van der Waals surface area contributed by atoms with Crippen LogP contribution in [0, 0.1) is 12.7 Å². The van der Waals surface area contributed by atoms with E-state index in [1.807, 2.05) is 25.1 Å². The second kappa shape index (κ2) is 8.40. The molecule has 0 saturated carbocycles. The summed E-state index contributed by atoms with van der Waals surface area (Å²) in [6.45, 7) is 2.52. The monoisotopic (exact) mass is 352 g/mol. The van der Waals surface area contributed by atoms with E-state index in [9.17, 15) is 9.18 Å². The van der Waals surface area contributed by atoms with Crippen LogP contribution in [0.3, 0.4) is 0 Å². The Hall–Kier alpha value is -2.47. The van der Waals surface area contributed by atoms with Crippen LogP contribution in [-0.2, 0) is 0 Å². The van der Waals surface area contributed by atoms with E-state index in [4.69, 9.17) is 21.1 Å². The molecule has 0 unspecified atom stereocenters. The number of hydrogen-bond acceptors (Lipinski definition) is 3. The quantitative estimate of drug-likeness (QED) is 0.773. The number of rotatable bonds is 6. The molecule has 24 heavy (non-hydrogen) atoms. The SMILES string of the molecule is COc1cc(C)ccc1OCCNC(=O)Nc1ccc(F)c(Cl)c1. The molecular weight excluding hydrogens is 335 g/mol. The Bertz CT molecular complexity index is 725. The van der Waals surface area contributed by atoms with Crippen molar-refractivity contribution in [1.82, 2.24) is 5.32 Å². The summed E-state index contributed by atoms with van der Waals surface area (Å²) in [4.78, 5) is 11.7. The molecule has 0 saturated heterocycles. The zero-order chi connectivity index (χ0) is 17.5. The van der Waals surface area contributed by atoms with Gasteiger partial charge < -0.3 is 20.1 Å². The molecule has 128 valence electrons. The molecule has 2 amide bonds. The summed E-state index contributed by atoms with van der Waals surface area (Å²) in [5.41, 5.74) is 1.47. The Kier molecular flexibility index (Phi) is 6.26. The Balaban J connectivity index is 1.77. The second-order valence-electron chi connectivity index (χ2n) is 5.01. The highest BCUT2D eigenvalue weighted by atomic mass is 35.5. The highest BCUT2D eigenvalue weighted by molar-refractivity contribution is 6.31. The van der Waals surface area contributed by atoms with E-state index in [1.54, 1.807) is 7.11 Å². The molecular formula is C17H18ClFN2O3. The van der Waals surface area contributed by atoms with Gasteiger partial charge >= 0.3 is 6.03 Å². The van der Waals surface area contributed by atoms with Gasteiger partial charge in [0.05, 0.1) is 18.7 Å². The van der Waals surface area contributed by atoms with Gasteiger partial charge in [0.1, 0.15) is 12.4 Å². The van der Waals surface area contributed by atoms with Crippen molar-refractivity contribution in [1.29, 1.82) is 0 Å². The van der Waals surface area contributed by atoms with Gasteiger partial charge in [-0.25, -0.2) is 9.18 Å². The highest BCUT2D eigenvalue weighted by Crippen LogP contribution is 2.27. The van der Waals surface area contributed by atoms with Gasteiger partial charge in [-0.15, -0.1) is 0 Å². The lowest BCUT2D eigenvalue weighted by atomic mass is 10.2. The van der Waals surface area contributed by atoms with Crippen LogP contribution in [-0.4, -0.2) is 26.3 Å². The van der Waals surface area contributed by atoms with Gasteiger partial charge in [0.2, 0.25) is 0 Å². The number of amides is 2. The molecule has 0 bridgehead atoms. The number of urea groups is 1. The third kappa shape index (κ3) is 5.03. The minimum absolute atomic E-state index is 0.0531. The van der Waals surface area contributed by atoms with E-state index in [1.165, 1.54) is 18.2 Å². The maximum absolute atomic E-state index is 13.0. The average molecular weight is 353 g/mol. The summed E-state index contributed by atoms with van der Waals surface area (Å²) in [6.07, 6.45) is 0. The third-order valence-electron chi connectivity index (χ3n) is 3.14. The standard InChI is InChI=1S/C17H18ClFN2O3/c1-11-3-6-15(16(9-11)23-2)24-8-7-20-17(22)21-12-4-5-14(19)13(18)10-12/h3-6,9-10H,7-8H2,1-2H3,(H2,20,21,22). The summed E-state index contributed by atoms with van der Waals surface area (Å²) in [5.74, 6) is 0.708. The summed E-state index contributed by atoms with van der Waals surface area (Å²) in [5, 5.41) is 5.14. The van der Waals surface area contributed by atoms with E-state index >= 15 is 0 Å². The van der Waals surface area contributed by atoms with E-state index in [2.05, 4.69) is 10.6 Å². The van der Waals surface area contributed by atoms with Crippen LogP contribution in [0.1, 0.15) is 5.56 Å². The van der Waals surface area contributed by atoms with Gasteiger partial charge in [-0.2, -0.15) is 0 Å². The van der Waals surface area contributed by atoms with Crippen LogP contribution in [0.15, 0.2) is 36.4 Å². The minimum Gasteiger partial charge on any atom is -0.493 e. The zero-order valence-corrected chi connectivity index (χ0v) is 14.1. The van der Waals surface area contributed by atoms with Crippen molar-refractivity contribution in [2.45, 2.75) is 6.92 Å². The van der Waals surface area contributed by atoms with E-state index in [0.29, 0.717) is 17.2 Å². The Morgan fingerprint density at radius 1 is 1.21 bits per heavy atom. The average Bonchev–Trinajstić information content (AvgIpc) is 2.56. The molecule has 2 aromatic carbocycles. The second-order valence-corrected chi connectivity index (χ2v) is 5.42. The normalized spacial score (nSPS) is 10.2. The number of halogens is 2. The number of nitrogens with one attached hydrogen (secondary N) is 2. The number of hydrogen-bond donors (Lipinski definition) is 2. The first-order chi connectivity index (χ1) is 11.5. The van der Waals surface area contributed by atoms with Crippen LogP contribution in [0.25, 0.3) is 0 Å². The predicted octanol–water partition coefficient (Wildman–Crippen LogP) is 4.00. The maximum Gasteiger partial charge on any atom is 0.319 e. The number of carbonyl (C=O) groups excluding carboxylic acids is 1. The molecule has 0 heterocycles. The molecule has 2 aromatic rings. The van der Waals surface area contributed by atoms with Crippen LogP contribution in [0.5, 0.6) is 11.5 Å². The number of anilines is 1. The molecule has 7 heteroatoms. The van der Waals surface area contributed by atoms with Crippen molar-refractivity contribution in [3.63, 3.8) is 0 Å². The fraction of sp³-hybridized carbons (Fsp3) is 0.235. The van der Waals surface area contributed by atoms with Crippen molar-refractivity contribution in [2.24, 2.45) is 0 Å². The first-order valence-electron chi connectivity index (χ1n) is 7.27. The Morgan fingerprint density at radius 2 is 2.00 bits per heavy atom. The lowest BCUT2D eigenvalue weighted by Crippen LogP contribution is -2.32. The third-order valence-corrected chi connectivity index (χ3v) is 3.43. The number of aryl methyl sites for hydroxylation is 1. The van der Waals surface area contributed by atoms with E-state index in [0.717, 1.165) is 5.56 Å². The first kappa shape index (κ1) is 17.9. The molecule has 2 N–H and O–H groups in total. The minimum atomic E-state index is -0.539. The van der Waals surface area contributed by atoms with Gasteiger partial charge in [0, 0.05) is 5.69 Å². The summed E-state index contributed by atoms with van der Waals surface area (Å²) < 4.78 is 23.9. The van der Waals surface area contributed by atoms with Gasteiger partial charge in [-0.3, -0.25) is 0 Å². The lowest BCUT2D eigenvalue weighted by Gasteiger charge is -2.12. The van der Waals surface area contributed by atoms with Gasteiger partial charge in [-0.05, 0) is 42.8 Å². The van der Waals surface area contributed by atoms with Crippen molar-refractivity contribution < 1.29 is 18.7 Å². The highest BCUT2D eigenvalue weighted by Gasteiger charge is 2.06. The number of ether oxygens (including phenoxy) is 2. The van der Waals surface area contributed by atoms with Gasteiger partial charge in [0.25, 0.3) is 0 Å². The van der Waals surface area contributed by atoms with Gasteiger partial charge in [-0.1, -0.05) is 17.7 Å². The van der Waals surface area contributed by atoms with Crippen molar-refractivity contribution >= 4 is 23.3 Å². The molecule has 0 spiro atoms. The summed E-state index contributed by atoms with van der Waals surface area (Å²) in [7, 11) is 1.57. The largest absolute Gasteiger partial charge is 0.493 e. The maximum atomic E-state index is 13.0. The summed E-state index contributed by atoms with van der Waals surface area (Å²) in [6, 6.07) is 9.11. The lowest BCUT2D eigenvalue weighted by molar-refractivity contribution is 0.246. The Morgan fingerprint density at radius 3 is 2.71 bits per heavy atom. The molecule has 0 radical (unpaired) electrons. The fourth-order valence-electron chi connectivity index (χ4n) is 1.97. The van der Waals surface area contributed by atoms with Crippen LogP contribution in [0.4, 0.5) is 14.9 Å². The van der Waals surface area contributed by atoms with Crippen molar-refractivity contribution in [2.75, 3.05) is 25.6 Å². The topological polar surface area (TPSA) is 59.6 Å². The van der Waals surface area contributed by atoms with Crippen LogP contribution < -0.4 is 20.1 Å². The number of benzene rings is 2. The number of carbonyl (C=O) groups is 1. The molecule has 0 aliphatic carbocycles. The molecule has 0 atom stereocenters. The molecule has 5 nitrogen and oxygen atoms in total. The molecule has 0 aliphatic rings. The molecule has 2 rings (SSSR count). The van der Waals surface area contributed by atoms with Gasteiger partial charge in [0.15, 0.2) is 11.5 Å². The molecule has 0 aliphatic heterocycles. The molecule has 0 aromatic heterocycles. The predicted molar refractivity (Wildman–Crippen MR) is 91.7 cm³/mol. The van der Waals surface area contributed by atoms with E-state index in [-0.39, 0.29) is 18.2 Å². The van der Waals surface area contributed by atoms with Crippen molar-refractivity contribution in [3.8, 4) is 11.5 Å². The zero-order valence-electron chi connectivity index (χ0n) is 13.4.